The maximum atomic E-state index is 11.9. The number of rotatable bonds is 6. The monoisotopic (exact) mass is 346 g/mol. The molecule has 0 atom stereocenters. The van der Waals surface area contributed by atoms with Crippen molar-refractivity contribution in [2.75, 3.05) is 13.6 Å². The number of hydrogen-bond acceptors (Lipinski definition) is 2. The van der Waals surface area contributed by atoms with Gasteiger partial charge in [0.1, 0.15) is 0 Å². The minimum Gasteiger partial charge on any atom is -0.351 e. The SMILES string of the molecule is CN(CC(=O)NCc1ccccc1)Cc1ccc(Br)cc1. The summed E-state index contributed by atoms with van der Waals surface area (Å²) in [4.78, 5) is 13.9. The Labute approximate surface area is 134 Å². The molecule has 0 aliphatic rings. The average molecular weight is 347 g/mol. The Kier molecular flexibility index (Phi) is 5.96. The van der Waals surface area contributed by atoms with E-state index in [-0.39, 0.29) is 5.91 Å². The van der Waals surface area contributed by atoms with Gasteiger partial charge in [0.15, 0.2) is 0 Å². The Morgan fingerprint density at radius 1 is 1.05 bits per heavy atom. The molecule has 21 heavy (non-hydrogen) atoms. The summed E-state index contributed by atoms with van der Waals surface area (Å²) in [5.74, 6) is 0.0402. The van der Waals surface area contributed by atoms with E-state index in [9.17, 15) is 4.79 Å². The Hall–Kier alpha value is -1.65. The van der Waals surface area contributed by atoms with E-state index in [1.54, 1.807) is 0 Å². The molecule has 0 aliphatic heterocycles. The second-order valence-corrected chi connectivity index (χ2v) is 5.98. The largest absolute Gasteiger partial charge is 0.351 e. The van der Waals surface area contributed by atoms with Gasteiger partial charge in [-0.3, -0.25) is 9.69 Å². The molecule has 1 amide bonds. The number of hydrogen-bond donors (Lipinski definition) is 1. The van der Waals surface area contributed by atoms with Crippen molar-refractivity contribution in [1.29, 1.82) is 0 Å². The molecule has 110 valence electrons. The summed E-state index contributed by atoms with van der Waals surface area (Å²) in [7, 11) is 1.95. The molecule has 2 aromatic rings. The molecule has 1 N–H and O–H groups in total. The first-order chi connectivity index (χ1) is 10.1. The first kappa shape index (κ1) is 15.7. The van der Waals surface area contributed by atoms with E-state index in [1.807, 2.05) is 54.4 Å². The van der Waals surface area contributed by atoms with Crippen LogP contribution in [0.4, 0.5) is 0 Å². The fourth-order valence-corrected chi connectivity index (χ4v) is 2.32. The van der Waals surface area contributed by atoms with Crippen molar-refractivity contribution in [2.24, 2.45) is 0 Å². The smallest absolute Gasteiger partial charge is 0.234 e. The average Bonchev–Trinajstić information content (AvgIpc) is 2.48. The maximum Gasteiger partial charge on any atom is 0.234 e. The van der Waals surface area contributed by atoms with Crippen LogP contribution in [0.25, 0.3) is 0 Å². The van der Waals surface area contributed by atoms with E-state index in [2.05, 4.69) is 33.4 Å². The maximum absolute atomic E-state index is 11.9. The van der Waals surface area contributed by atoms with Gasteiger partial charge in [-0.05, 0) is 30.3 Å². The van der Waals surface area contributed by atoms with Crippen LogP contribution in [0.2, 0.25) is 0 Å². The molecule has 0 unspecified atom stereocenters. The van der Waals surface area contributed by atoms with Gasteiger partial charge in [0.05, 0.1) is 6.54 Å². The van der Waals surface area contributed by atoms with Gasteiger partial charge in [0.2, 0.25) is 5.91 Å². The van der Waals surface area contributed by atoms with Crippen molar-refractivity contribution in [1.82, 2.24) is 10.2 Å². The Morgan fingerprint density at radius 2 is 1.71 bits per heavy atom. The Balaban J connectivity index is 1.75. The van der Waals surface area contributed by atoms with Crippen molar-refractivity contribution in [3.05, 3.63) is 70.2 Å². The van der Waals surface area contributed by atoms with Crippen LogP contribution in [-0.4, -0.2) is 24.4 Å². The standard InChI is InChI=1S/C17H19BrN2O/c1-20(12-15-7-9-16(18)10-8-15)13-17(21)19-11-14-5-3-2-4-6-14/h2-10H,11-13H2,1H3,(H,19,21). The predicted molar refractivity (Wildman–Crippen MR) is 88.8 cm³/mol. The fourth-order valence-electron chi connectivity index (χ4n) is 2.05. The molecule has 0 saturated heterocycles. The van der Waals surface area contributed by atoms with E-state index in [4.69, 9.17) is 0 Å². The van der Waals surface area contributed by atoms with Crippen molar-refractivity contribution in [3.8, 4) is 0 Å². The minimum absolute atomic E-state index is 0.0402. The molecule has 0 fully saturated rings. The molecule has 2 rings (SSSR count). The van der Waals surface area contributed by atoms with Gasteiger partial charge >= 0.3 is 0 Å². The summed E-state index contributed by atoms with van der Waals surface area (Å²) in [6, 6.07) is 18.1. The number of benzene rings is 2. The zero-order valence-electron chi connectivity index (χ0n) is 12.1. The third-order valence-corrected chi connectivity index (χ3v) is 3.64. The van der Waals surface area contributed by atoms with Gasteiger partial charge in [0, 0.05) is 17.6 Å². The highest BCUT2D eigenvalue weighted by molar-refractivity contribution is 9.10. The topological polar surface area (TPSA) is 32.3 Å². The first-order valence-corrected chi connectivity index (χ1v) is 7.66. The van der Waals surface area contributed by atoms with E-state index in [0.29, 0.717) is 13.1 Å². The van der Waals surface area contributed by atoms with Gasteiger partial charge in [-0.2, -0.15) is 0 Å². The van der Waals surface area contributed by atoms with Crippen LogP contribution in [0.1, 0.15) is 11.1 Å². The van der Waals surface area contributed by atoms with Crippen molar-refractivity contribution in [3.63, 3.8) is 0 Å². The lowest BCUT2D eigenvalue weighted by atomic mass is 10.2. The molecule has 2 aromatic carbocycles. The molecule has 0 aliphatic carbocycles. The van der Waals surface area contributed by atoms with Gasteiger partial charge in [0.25, 0.3) is 0 Å². The second kappa shape index (κ2) is 7.96. The summed E-state index contributed by atoms with van der Waals surface area (Å²) in [6.07, 6.45) is 0. The summed E-state index contributed by atoms with van der Waals surface area (Å²) in [5, 5.41) is 2.94. The predicted octanol–water partition coefficient (Wildman–Crippen LogP) is 3.20. The van der Waals surface area contributed by atoms with Crippen molar-refractivity contribution in [2.45, 2.75) is 13.1 Å². The summed E-state index contributed by atoms with van der Waals surface area (Å²) >= 11 is 3.42. The van der Waals surface area contributed by atoms with E-state index in [1.165, 1.54) is 5.56 Å². The van der Waals surface area contributed by atoms with E-state index >= 15 is 0 Å². The molecule has 4 heteroatoms. The van der Waals surface area contributed by atoms with Crippen molar-refractivity contribution < 1.29 is 4.79 Å². The number of nitrogens with one attached hydrogen (secondary N) is 1. The number of carbonyl (C=O) groups excluding carboxylic acids is 1. The van der Waals surface area contributed by atoms with Crippen LogP contribution in [0, 0.1) is 0 Å². The summed E-state index contributed by atoms with van der Waals surface area (Å²) in [6.45, 7) is 1.72. The molecule has 0 saturated carbocycles. The molecular weight excluding hydrogens is 328 g/mol. The molecule has 0 radical (unpaired) electrons. The molecule has 3 nitrogen and oxygen atoms in total. The normalized spacial score (nSPS) is 10.6. The summed E-state index contributed by atoms with van der Waals surface area (Å²) < 4.78 is 1.06. The van der Waals surface area contributed by atoms with Gasteiger partial charge < -0.3 is 5.32 Å². The second-order valence-electron chi connectivity index (χ2n) is 5.06. The van der Waals surface area contributed by atoms with Crippen LogP contribution in [0.5, 0.6) is 0 Å². The highest BCUT2D eigenvalue weighted by Crippen LogP contribution is 2.11. The van der Waals surface area contributed by atoms with Crippen LogP contribution in [-0.2, 0) is 17.9 Å². The third kappa shape index (κ3) is 5.69. The van der Waals surface area contributed by atoms with E-state index in [0.717, 1.165) is 16.6 Å². The summed E-state index contributed by atoms with van der Waals surface area (Å²) in [5.41, 5.74) is 2.30. The lowest BCUT2D eigenvalue weighted by Gasteiger charge is -2.16. The number of nitrogens with zero attached hydrogens (tertiary/aromatic N) is 1. The number of halogens is 1. The fraction of sp³-hybridized carbons (Fsp3) is 0.235. The van der Waals surface area contributed by atoms with Gasteiger partial charge in [-0.1, -0.05) is 58.4 Å². The zero-order chi connectivity index (χ0) is 15.1. The molecule has 0 heterocycles. The van der Waals surface area contributed by atoms with Crippen LogP contribution in [0.3, 0.4) is 0 Å². The quantitative estimate of drug-likeness (QED) is 0.870. The van der Waals surface area contributed by atoms with Crippen LogP contribution >= 0.6 is 15.9 Å². The van der Waals surface area contributed by atoms with Crippen LogP contribution in [0.15, 0.2) is 59.1 Å². The Bertz CT molecular complexity index is 569. The molecule has 0 bridgehead atoms. The first-order valence-electron chi connectivity index (χ1n) is 6.87. The number of likely N-dealkylation sites (N-methyl/N-ethyl adjacent to an activating group) is 1. The lowest BCUT2D eigenvalue weighted by molar-refractivity contribution is -0.122. The number of amides is 1. The molecule has 0 spiro atoms. The zero-order valence-corrected chi connectivity index (χ0v) is 13.6. The lowest BCUT2D eigenvalue weighted by Crippen LogP contribution is -2.34. The highest BCUT2D eigenvalue weighted by atomic mass is 79.9. The molecular formula is C17H19BrN2O. The third-order valence-electron chi connectivity index (χ3n) is 3.11. The minimum atomic E-state index is 0.0402. The van der Waals surface area contributed by atoms with Gasteiger partial charge in [-0.25, -0.2) is 0 Å². The molecule has 0 aromatic heterocycles. The van der Waals surface area contributed by atoms with Gasteiger partial charge in [-0.15, -0.1) is 0 Å². The number of carbonyl (C=O) groups is 1. The highest BCUT2D eigenvalue weighted by Gasteiger charge is 2.07. The van der Waals surface area contributed by atoms with Crippen LogP contribution < -0.4 is 5.32 Å². The Morgan fingerprint density at radius 3 is 2.38 bits per heavy atom. The van der Waals surface area contributed by atoms with E-state index < -0.39 is 0 Å². The van der Waals surface area contributed by atoms with Crippen molar-refractivity contribution >= 4 is 21.8 Å².